The predicted octanol–water partition coefficient (Wildman–Crippen LogP) is 5.26. The monoisotopic (exact) mass is 454 g/mol. The molecule has 160 valence electrons. The lowest BCUT2D eigenvalue weighted by atomic mass is 9.98. The molecule has 1 N–H and O–H groups in total. The zero-order valence-corrected chi connectivity index (χ0v) is 17.0. The van der Waals surface area contributed by atoms with E-state index in [4.69, 9.17) is 18.0 Å². The number of terminal acetylenes is 1. The number of halogens is 4. The van der Waals surface area contributed by atoms with E-state index in [1.54, 1.807) is 48.5 Å². The molecule has 0 amide bonds. The molecule has 2 heterocycles. The maximum atomic E-state index is 13.6. The van der Waals surface area contributed by atoms with Crippen LogP contribution in [0.15, 0.2) is 71.7 Å². The molecule has 0 radical (unpaired) electrons. The average Bonchev–Trinajstić information content (AvgIpc) is 2.77. The van der Waals surface area contributed by atoms with Gasteiger partial charge in [0.05, 0.1) is 17.4 Å². The van der Waals surface area contributed by atoms with Gasteiger partial charge in [0, 0.05) is 22.0 Å². The van der Waals surface area contributed by atoms with Crippen molar-refractivity contribution < 1.29 is 18.3 Å². The van der Waals surface area contributed by atoms with Crippen molar-refractivity contribution >= 4 is 22.5 Å². The fourth-order valence-corrected chi connectivity index (χ4v) is 3.61. The zero-order valence-electron chi connectivity index (χ0n) is 16.3. The van der Waals surface area contributed by atoms with Gasteiger partial charge in [0.1, 0.15) is 6.10 Å². The van der Waals surface area contributed by atoms with Crippen molar-refractivity contribution in [3.63, 3.8) is 0 Å². The van der Waals surface area contributed by atoms with Crippen LogP contribution >= 0.6 is 11.6 Å². The molecule has 0 aliphatic carbocycles. The fourth-order valence-electron chi connectivity index (χ4n) is 3.48. The fraction of sp³-hybridized carbons (Fsp3) is 0.0833. The number of hydrogen-bond acceptors (Lipinski definition) is 3. The molecule has 1 atom stereocenters. The second-order valence-corrected chi connectivity index (χ2v) is 7.44. The number of hydrogen-bond donors (Lipinski definition) is 1. The molecule has 2 aromatic carbocycles. The van der Waals surface area contributed by atoms with Gasteiger partial charge in [-0.05, 0) is 47.0 Å². The summed E-state index contributed by atoms with van der Waals surface area (Å²) in [6.45, 7) is 0. The van der Waals surface area contributed by atoms with Crippen LogP contribution in [0.4, 0.5) is 13.2 Å². The number of pyridine rings is 2. The molecule has 4 aromatic rings. The molecule has 0 bridgehead atoms. The van der Waals surface area contributed by atoms with Gasteiger partial charge in [-0.3, -0.25) is 9.78 Å². The van der Waals surface area contributed by atoms with Crippen LogP contribution in [0.3, 0.4) is 0 Å². The van der Waals surface area contributed by atoms with E-state index in [0.29, 0.717) is 21.7 Å². The van der Waals surface area contributed by atoms with Crippen LogP contribution in [0.25, 0.3) is 22.0 Å². The Bertz CT molecular complexity index is 1420. The number of fused-ring (bicyclic) bond motifs is 1. The molecule has 0 aliphatic heterocycles. The van der Waals surface area contributed by atoms with Crippen LogP contribution in [0.1, 0.15) is 22.9 Å². The Morgan fingerprint density at radius 2 is 1.81 bits per heavy atom. The predicted molar refractivity (Wildman–Crippen MR) is 116 cm³/mol. The Morgan fingerprint density at radius 1 is 1.09 bits per heavy atom. The van der Waals surface area contributed by atoms with Gasteiger partial charge in [-0.2, -0.15) is 0 Å². The maximum Gasteiger partial charge on any atom is 0.491 e. The lowest BCUT2D eigenvalue weighted by Gasteiger charge is -2.18. The van der Waals surface area contributed by atoms with Crippen molar-refractivity contribution in [3.8, 4) is 23.5 Å². The molecule has 0 saturated carbocycles. The quantitative estimate of drug-likeness (QED) is 0.430. The van der Waals surface area contributed by atoms with Crippen LogP contribution in [0.2, 0.25) is 5.02 Å². The first-order valence-corrected chi connectivity index (χ1v) is 9.70. The Hall–Kier alpha value is -3.60. The van der Waals surface area contributed by atoms with Gasteiger partial charge in [0.25, 0.3) is 5.56 Å². The van der Waals surface area contributed by atoms with Gasteiger partial charge in [-0.25, -0.2) is 4.57 Å². The van der Waals surface area contributed by atoms with Gasteiger partial charge in [-0.15, -0.1) is 19.6 Å². The molecular formula is C24H14ClF3N2O2. The van der Waals surface area contributed by atoms with E-state index >= 15 is 0 Å². The highest BCUT2D eigenvalue weighted by atomic mass is 35.5. The van der Waals surface area contributed by atoms with E-state index in [2.05, 4.69) is 10.9 Å². The minimum atomic E-state index is -4.95. The van der Waals surface area contributed by atoms with Gasteiger partial charge >= 0.3 is 6.30 Å². The lowest BCUT2D eigenvalue weighted by molar-refractivity contribution is -0.202. The highest BCUT2D eigenvalue weighted by Crippen LogP contribution is 2.33. The molecule has 4 nitrogen and oxygen atoms in total. The van der Waals surface area contributed by atoms with E-state index in [9.17, 15) is 23.1 Å². The van der Waals surface area contributed by atoms with E-state index in [0.717, 1.165) is 12.3 Å². The third kappa shape index (κ3) is 3.98. The van der Waals surface area contributed by atoms with Crippen molar-refractivity contribution in [2.75, 3.05) is 0 Å². The first-order valence-electron chi connectivity index (χ1n) is 9.32. The summed E-state index contributed by atoms with van der Waals surface area (Å²) in [5, 5.41) is 11.3. The number of rotatable bonds is 3. The number of benzene rings is 2. The summed E-state index contributed by atoms with van der Waals surface area (Å²) in [6, 6.07) is 15.1. The highest BCUT2D eigenvalue weighted by Gasteiger charge is 2.34. The molecule has 4 rings (SSSR count). The summed E-state index contributed by atoms with van der Waals surface area (Å²) in [7, 11) is 0. The summed E-state index contributed by atoms with van der Waals surface area (Å²) in [5.41, 5.74) is 0.107. The van der Waals surface area contributed by atoms with Crippen molar-refractivity contribution in [2.45, 2.75) is 12.4 Å². The van der Waals surface area contributed by atoms with Crippen molar-refractivity contribution in [2.24, 2.45) is 0 Å². The smallest absolute Gasteiger partial charge is 0.382 e. The second-order valence-electron chi connectivity index (χ2n) is 7.01. The summed E-state index contributed by atoms with van der Waals surface area (Å²) < 4.78 is 40.6. The Balaban J connectivity index is 2.00. The molecule has 0 fully saturated rings. The summed E-state index contributed by atoms with van der Waals surface area (Å²) in [6.07, 6.45) is 0.213. The Labute approximate surface area is 185 Å². The average molecular weight is 455 g/mol. The van der Waals surface area contributed by atoms with Gasteiger partial charge in [0.15, 0.2) is 0 Å². The number of nitrogens with zero attached hydrogens (tertiary/aromatic N) is 2. The van der Waals surface area contributed by atoms with E-state index in [1.165, 1.54) is 6.07 Å². The zero-order chi connectivity index (χ0) is 23.0. The van der Waals surface area contributed by atoms with Crippen molar-refractivity contribution in [3.05, 3.63) is 99.1 Å². The molecule has 2 aromatic heterocycles. The normalized spacial score (nSPS) is 12.5. The van der Waals surface area contributed by atoms with E-state index < -0.39 is 23.5 Å². The Morgan fingerprint density at radius 3 is 2.47 bits per heavy atom. The number of aliphatic hydroxyl groups excluding tert-OH is 1. The van der Waals surface area contributed by atoms with E-state index in [1.807, 2.05) is 0 Å². The maximum absolute atomic E-state index is 13.6. The van der Waals surface area contributed by atoms with Crippen LogP contribution in [-0.2, 0) is 6.30 Å². The third-order valence-corrected chi connectivity index (χ3v) is 5.24. The van der Waals surface area contributed by atoms with Crippen molar-refractivity contribution in [1.82, 2.24) is 9.55 Å². The third-order valence-electron chi connectivity index (χ3n) is 4.98. The molecule has 0 spiro atoms. The summed E-state index contributed by atoms with van der Waals surface area (Å²) in [4.78, 5) is 16.4. The highest BCUT2D eigenvalue weighted by molar-refractivity contribution is 6.30. The standard InChI is InChI=1S/C24H14ClF3N2O2/c1-2-14-4-3-5-16(10-14)18-12-22(31)30(24(26,27)28)21-13-29-20(11-19(18)21)23(32)15-6-8-17(25)9-7-15/h1,3-13,23,32H. The lowest BCUT2D eigenvalue weighted by Crippen LogP contribution is -2.31. The van der Waals surface area contributed by atoms with E-state index in [-0.39, 0.29) is 21.2 Å². The largest absolute Gasteiger partial charge is 0.491 e. The molecule has 8 heteroatoms. The summed E-state index contributed by atoms with van der Waals surface area (Å²) in [5.74, 6) is 2.46. The SMILES string of the molecule is C#Cc1cccc(-c2cc(=O)n(C(F)(F)F)c3cnc(C(O)c4ccc(Cl)cc4)cc23)c1. The molecule has 32 heavy (non-hydrogen) atoms. The van der Waals surface area contributed by atoms with Crippen molar-refractivity contribution in [1.29, 1.82) is 0 Å². The topological polar surface area (TPSA) is 55.1 Å². The van der Waals surface area contributed by atoms with Crippen LogP contribution < -0.4 is 5.56 Å². The first-order chi connectivity index (χ1) is 15.2. The summed E-state index contributed by atoms with van der Waals surface area (Å²) >= 11 is 5.88. The van der Waals surface area contributed by atoms with Gasteiger partial charge < -0.3 is 5.11 Å². The minimum absolute atomic E-state index is 0.0918. The minimum Gasteiger partial charge on any atom is -0.382 e. The number of alkyl halides is 3. The van der Waals surface area contributed by atoms with Crippen LogP contribution in [-0.4, -0.2) is 14.7 Å². The van der Waals surface area contributed by atoms with Crippen LogP contribution in [0, 0.1) is 12.3 Å². The number of aromatic nitrogens is 2. The molecule has 0 saturated heterocycles. The van der Waals surface area contributed by atoms with Gasteiger partial charge in [-0.1, -0.05) is 41.8 Å². The first kappa shape index (κ1) is 21.6. The number of aliphatic hydroxyl groups is 1. The molecular weight excluding hydrogens is 441 g/mol. The second kappa shape index (κ2) is 8.15. The van der Waals surface area contributed by atoms with Crippen LogP contribution in [0.5, 0.6) is 0 Å². The van der Waals surface area contributed by atoms with Gasteiger partial charge in [0.2, 0.25) is 0 Å². The molecule has 1 unspecified atom stereocenters. The Kier molecular flexibility index (Phi) is 5.51. The molecule has 0 aliphatic rings.